The standard InChI is InChI=1S/C10H12BrN5O/c1-2-3-16-6-7(5-13-16)17-10-14-8(11)4-9(12)15-10/h4-6H,2-3H2,1H3,(H2,12,14,15). The molecule has 2 heterocycles. The van der Waals surface area contributed by atoms with Gasteiger partial charge in [-0.25, -0.2) is 0 Å². The van der Waals surface area contributed by atoms with Gasteiger partial charge < -0.3 is 10.5 Å². The second-order valence-electron chi connectivity index (χ2n) is 3.44. The molecule has 6 nitrogen and oxygen atoms in total. The third-order valence-corrected chi connectivity index (χ3v) is 2.37. The number of rotatable bonds is 4. The summed E-state index contributed by atoms with van der Waals surface area (Å²) in [6, 6.07) is 1.81. The van der Waals surface area contributed by atoms with Crippen molar-refractivity contribution in [2.75, 3.05) is 5.73 Å². The fourth-order valence-electron chi connectivity index (χ4n) is 1.31. The van der Waals surface area contributed by atoms with Crippen LogP contribution in [0.15, 0.2) is 23.1 Å². The molecule has 2 aromatic heterocycles. The van der Waals surface area contributed by atoms with Gasteiger partial charge in [-0.3, -0.25) is 4.68 Å². The van der Waals surface area contributed by atoms with Crippen LogP contribution in [0.3, 0.4) is 0 Å². The molecule has 0 bridgehead atoms. The van der Waals surface area contributed by atoms with Gasteiger partial charge >= 0.3 is 6.01 Å². The largest absolute Gasteiger partial charge is 0.421 e. The molecule has 0 saturated carbocycles. The molecule has 0 fully saturated rings. The lowest BCUT2D eigenvalue weighted by Crippen LogP contribution is -1.97. The van der Waals surface area contributed by atoms with Crippen LogP contribution in [0.25, 0.3) is 0 Å². The molecule has 0 saturated heterocycles. The number of hydrogen-bond acceptors (Lipinski definition) is 5. The van der Waals surface area contributed by atoms with E-state index in [2.05, 4.69) is 37.9 Å². The van der Waals surface area contributed by atoms with E-state index in [4.69, 9.17) is 10.5 Å². The molecular weight excluding hydrogens is 286 g/mol. The van der Waals surface area contributed by atoms with Crippen molar-refractivity contribution in [2.45, 2.75) is 19.9 Å². The molecule has 0 spiro atoms. The van der Waals surface area contributed by atoms with Gasteiger partial charge in [0.25, 0.3) is 0 Å². The molecule has 2 rings (SSSR count). The molecule has 0 aliphatic heterocycles. The first-order valence-electron chi connectivity index (χ1n) is 5.17. The van der Waals surface area contributed by atoms with Crippen LogP contribution in [0, 0.1) is 0 Å². The molecule has 7 heteroatoms. The number of aromatic nitrogens is 4. The second-order valence-corrected chi connectivity index (χ2v) is 4.25. The monoisotopic (exact) mass is 297 g/mol. The van der Waals surface area contributed by atoms with Crippen molar-refractivity contribution in [3.05, 3.63) is 23.1 Å². The zero-order valence-electron chi connectivity index (χ0n) is 9.30. The maximum atomic E-state index is 5.58. The molecule has 0 radical (unpaired) electrons. The molecule has 2 N–H and O–H groups in total. The fraction of sp³-hybridized carbons (Fsp3) is 0.300. The highest BCUT2D eigenvalue weighted by atomic mass is 79.9. The molecule has 0 unspecified atom stereocenters. The number of nitrogen functional groups attached to an aromatic ring is 1. The predicted octanol–water partition coefficient (Wildman–Crippen LogP) is 2.22. The summed E-state index contributed by atoms with van der Waals surface area (Å²) < 4.78 is 7.84. The molecule has 0 atom stereocenters. The quantitative estimate of drug-likeness (QED) is 0.876. The van der Waals surface area contributed by atoms with E-state index in [1.807, 2.05) is 0 Å². The molecule has 17 heavy (non-hydrogen) atoms. The molecule has 0 aromatic carbocycles. The van der Waals surface area contributed by atoms with E-state index in [0.29, 0.717) is 16.2 Å². The topological polar surface area (TPSA) is 78.9 Å². The van der Waals surface area contributed by atoms with E-state index in [-0.39, 0.29) is 6.01 Å². The summed E-state index contributed by atoms with van der Waals surface area (Å²) in [7, 11) is 0. The number of halogens is 1. The SMILES string of the molecule is CCCn1cc(Oc2nc(N)cc(Br)n2)cn1. The number of nitrogens with two attached hydrogens (primary N) is 1. The van der Waals surface area contributed by atoms with Gasteiger partial charge in [0.15, 0.2) is 5.75 Å². The van der Waals surface area contributed by atoms with Gasteiger partial charge in [0.2, 0.25) is 0 Å². The Labute approximate surface area is 107 Å². The molecule has 0 amide bonds. The van der Waals surface area contributed by atoms with Crippen molar-refractivity contribution in [2.24, 2.45) is 0 Å². The summed E-state index contributed by atoms with van der Waals surface area (Å²) in [5.74, 6) is 0.943. The normalized spacial score (nSPS) is 10.5. The van der Waals surface area contributed by atoms with Crippen molar-refractivity contribution in [3.63, 3.8) is 0 Å². The highest BCUT2D eigenvalue weighted by Crippen LogP contribution is 2.20. The molecule has 0 aliphatic carbocycles. The smallest absolute Gasteiger partial charge is 0.325 e. The van der Waals surface area contributed by atoms with Crippen molar-refractivity contribution < 1.29 is 4.74 Å². The molecular formula is C10H12BrN5O. The summed E-state index contributed by atoms with van der Waals surface area (Å²) in [6.07, 6.45) is 4.43. The van der Waals surface area contributed by atoms with E-state index in [1.165, 1.54) is 0 Å². The minimum absolute atomic E-state index is 0.202. The van der Waals surface area contributed by atoms with Crippen LogP contribution in [0.1, 0.15) is 13.3 Å². The van der Waals surface area contributed by atoms with Crippen molar-refractivity contribution in [1.29, 1.82) is 0 Å². The van der Waals surface area contributed by atoms with Crippen molar-refractivity contribution in [3.8, 4) is 11.8 Å². The van der Waals surface area contributed by atoms with Crippen LogP contribution in [0.5, 0.6) is 11.8 Å². The number of nitrogens with zero attached hydrogens (tertiary/aromatic N) is 4. The summed E-state index contributed by atoms with van der Waals surface area (Å²) in [5, 5.41) is 4.14. The van der Waals surface area contributed by atoms with E-state index in [9.17, 15) is 0 Å². The molecule has 0 aliphatic rings. The van der Waals surface area contributed by atoms with Crippen LogP contribution in [0.2, 0.25) is 0 Å². The van der Waals surface area contributed by atoms with Gasteiger partial charge in [-0.2, -0.15) is 15.1 Å². The number of anilines is 1. The second kappa shape index (κ2) is 5.13. The van der Waals surface area contributed by atoms with Crippen molar-refractivity contribution in [1.82, 2.24) is 19.7 Å². The average Bonchev–Trinajstić information content (AvgIpc) is 2.64. The molecule has 90 valence electrons. The lowest BCUT2D eigenvalue weighted by atomic mass is 10.5. The first-order valence-corrected chi connectivity index (χ1v) is 5.97. The summed E-state index contributed by atoms with van der Waals surface area (Å²) >= 11 is 3.22. The van der Waals surface area contributed by atoms with E-state index >= 15 is 0 Å². The minimum Gasteiger partial charge on any atom is -0.421 e. The number of ether oxygens (including phenoxy) is 1. The number of hydrogen-bond donors (Lipinski definition) is 1. The Balaban J connectivity index is 2.13. The first kappa shape index (κ1) is 11.8. The zero-order chi connectivity index (χ0) is 12.3. The number of aryl methyl sites for hydroxylation is 1. The van der Waals surface area contributed by atoms with Gasteiger partial charge in [0.1, 0.15) is 10.4 Å². The first-order chi connectivity index (χ1) is 8.17. The highest BCUT2D eigenvalue weighted by Gasteiger charge is 2.05. The minimum atomic E-state index is 0.202. The van der Waals surface area contributed by atoms with E-state index in [0.717, 1.165) is 13.0 Å². The van der Waals surface area contributed by atoms with Gasteiger partial charge in [-0.05, 0) is 22.4 Å². The fourth-order valence-corrected chi connectivity index (χ4v) is 1.70. The Kier molecular flexibility index (Phi) is 3.58. The Bertz CT molecular complexity index is 493. The van der Waals surface area contributed by atoms with Gasteiger partial charge in [-0.1, -0.05) is 6.92 Å². The highest BCUT2D eigenvalue weighted by molar-refractivity contribution is 9.10. The maximum absolute atomic E-state index is 5.58. The summed E-state index contributed by atoms with van der Waals surface area (Å²) in [4.78, 5) is 8.01. The van der Waals surface area contributed by atoms with E-state index in [1.54, 1.807) is 23.1 Å². The van der Waals surface area contributed by atoms with Crippen LogP contribution in [-0.2, 0) is 6.54 Å². The van der Waals surface area contributed by atoms with Crippen LogP contribution in [-0.4, -0.2) is 19.7 Å². The summed E-state index contributed by atoms with van der Waals surface area (Å²) in [6.45, 7) is 2.94. The van der Waals surface area contributed by atoms with Gasteiger partial charge in [0.05, 0.1) is 12.4 Å². The van der Waals surface area contributed by atoms with E-state index < -0.39 is 0 Å². The maximum Gasteiger partial charge on any atom is 0.325 e. The van der Waals surface area contributed by atoms with Crippen LogP contribution < -0.4 is 10.5 Å². The predicted molar refractivity (Wildman–Crippen MR) is 66.7 cm³/mol. The van der Waals surface area contributed by atoms with Crippen LogP contribution >= 0.6 is 15.9 Å². The lowest BCUT2D eigenvalue weighted by molar-refractivity contribution is 0.440. The van der Waals surface area contributed by atoms with Crippen molar-refractivity contribution >= 4 is 21.7 Å². The molecule has 2 aromatic rings. The van der Waals surface area contributed by atoms with Gasteiger partial charge in [-0.15, -0.1) is 0 Å². The average molecular weight is 298 g/mol. The third-order valence-electron chi connectivity index (χ3n) is 1.97. The summed E-state index contributed by atoms with van der Waals surface area (Å²) in [5.41, 5.74) is 5.58. The van der Waals surface area contributed by atoms with Gasteiger partial charge in [0, 0.05) is 12.6 Å². The zero-order valence-corrected chi connectivity index (χ0v) is 10.9. The Morgan fingerprint density at radius 2 is 2.29 bits per heavy atom. The Morgan fingerprint density at radius 1 is 1.47 bits per heavy atom. The Hall–Kier alpha value is -1.63. The van der Waals surface area contributed by atoms with Crippen LogP contribution in [0.4, 0.5) is 5.82 Å². The Morgan fingerprint density at radius 3 is 3.00 bits per heavy atom. The third kappa shape index (κ3) is 3.16. The lowest BCUT2D eigenvalue weighted by Gasteiger charge is -2.01.